The molecule has 1 saturated carbocycles. The molecule has 3 rings (SSSR count). The number of nitrogens with zero attached hydrogens (tertiary/aromatic N) is 2. The molecule has 0 bridgehead atoms. The van der Waals surface area contributed by atoms with Crippen LogP contribution in [-0.2, 0) is 0 Å². The maximum atomic E-state index is 6.38. The Balaban J connectivity index is 0.00000110. The fraction of sp³-hybridized carbons (Fsp3) is 0.643. The van der Waals surface area contributed by atoms with Gasteiger partial charge in [0.15, 0.2) is 0 Å². The molecule has 1 atom stereocenters. The van der Waals surface area contributed by atoms with E-state index in [1.807, 2.05) is 0 Å². The van der Waals surface area contributed by atoms with E-state index < -0.39 is 0 Å². The average Bonchev–Trinajstić information content (AvgIpc) is 2.36. The molecule has 1 saturated heterocycles. The quantitative estimate of drug-likeness (QED) is 0.869. The molecule has 0 radical (unpaired) electrons. The molecule has 1 aromatic heterocycles. The third-order valence-corrected chi connectivity index (χ3v) is 4.93. The Hall–Kier alpha value is 0.230. The topological polar surface area (TPSA) is 28.2 Å². The fourth-order valence-electron chi connectivity index (χ4n) is 3.14. The summed E-state index contributed by atoms with van der Waals surface area (Å²) in [4.78, 5) is 6.62. The van der Waals surface area contributed by atoms with Gasteiger partial charge in [-0.3, -0.25) is 9.88 Å². The van der Waals surface area contributed by atoms with Gasteiger partial charge in [0.25, 0.3) is 0 Å². The minimum Gasteiger partial charge on any atom is -0.314 e. The van der Waals surface area contributed by atoms with Crippen LogP contribution in [0.2, 0.25) is 10.0 Å². The van der Waals surface area contributed by atoms with Crippen molar-refractivity contribution in [3.63, 3.8) is 0 Å². The van der Waals surface area contributed by atoms with Crippen molar-refractivity contribution in [3.8, 4) is 0 Å². The van der Waals surface area contributed by atoms with E-state index in [0.717, 1.165) is 31.7 Å². The van der Waals surface area contributed by atoms with Gasteiger partial charge in [-0.15, -0.1) is 24.8 Å². The van der Waals surface area contributed by atoms with Crippen LogP contribution in [-0.4, -0.2) is 36.1 Å². The molecule has 1 aliphatic heterocycles. The van der Waals surface area contributed by atoms with Gasteiger partial charge in [0.05, 0.1) is 10.0 Å². The second-order valence-corrected chi connectivity index (χ2v) is 6.25. The van der Waals surface area contributed by atoms with E-state index in [4.69, 9.17) is 23.2 Å². The Kier molecular flexibility index (Phi) is 8.04. The van der Waals surface area contributed by atoms with E-state index in [1.54, 1.807) is 12.4 Å². The van der Waals surface area contributed by atoms with Crippen molar-refractivity contribution in [2.45, 2.75) is 25.3 Å². The molecule has 120 valence electrons. The zero-order valence-electron chi connectivity index (χ0n) is 11.7. The van der Waals surface area contributed by atoms with Crippen molar-refractivity contribution in [2.24, 2.45) is 5.92 Å². The first-order valence-electron chi connectivity index (χ1n) is 7.01. The van der Waals surface area contributed by atoms with E-state index in [0.29, 0.717) is 22.0 Å². The normalized spacial score (nSPS) is 20.9. The van der Waals surface area contributed by atoms with E-state index in [9.17, 15) is 0 Å². The summed E-state index contributed by atoms with van der Waals surface area (Å²) in [6, 6.07) is 0.360. The van der Waals surface area contributed by atoms with Gasteiger partial charge in [-0.2, -0.15) is 0 Å². The Morgan fingerprint density at radius 1 is 1.10 bits per heavy atom. The molecule has 2 heterocycles. The van der Waals surface area contributed by atoms with Crippen LogP contribution in [0.1, 0.15) is 30.9 Å². The summed E-state index contributed by atoms with van der Waals surface area (Å²) < 4.78 is 0. The zero-order chi connectivity index (χ0) is 13.2. The van der Waals surface area contributed by atoms with Gasteiger partial charge in [-0.1, -0.05) is 29.6 Å². The second-order valence-electron chi connectivity index (χ2n) is 5.44. The van der Waals surface area contributed by atoms with E-state index in [2.05, 4.69) is 15.2 Å². The highest BCUT2D eigenvalue weighted by atomic mass is 35.5. The van der Waals surface area contributed by atoms with Gasteiger partial charge in [0.2, 0.25) is 0 Å². The largest absolute Gasteiger partial charge is 0.314 e. The third kappa shape index (κ3) is 4.15. The molecule has 3 nitrogen and oxygen atoms in total. The molecule has 2 aliphatic rings. The standard InChI is InChI=1S/C14H19Cl2N3.2ClH/c15-11-8-18-9-12(16)13(11)14(10-2-1-3-10)19-6-4-17-5-7-19;;/h8-10,14,17H,1-7H2;2*1H/t14-;;/m0../s1. The molecule has 0 spiro atoms. The maximum Gasteiger partial charge on any atom is 0.0652 e. The van der Waals surface area contributed by atoms with Crippen LogP contribution >= 0.6 is 48.0 Å². The van der Waals surface area contributed by atoms with Gasteiger partial charge < -0.3 is 5.32 Å². The number of nitrogens with one attached hydrogen (secondary N) is 1. The number of aromatic nitrogens is 1. The van der Waals surface area contributed by atoms with Crippen LogP contribution in [0, 0.1) is 5.92 Å². The van der Waals surface area contributed by atoms with Crippen molar-refractivity contribution in [1.29, 1.82) is 0 Å². The van der Waals surface area contributed by atoms with Crippen LogP contribution in [0.3, 0.4) is 0 Å². The van der Waals surface area contributed by atoms with Crippen LogP contribution in [0.5, 0.6) is 0 Å². The van der Waals surface area contributed by atoms with Gasteiger partial charge >= 0.3 is 0 Å². The Morgan fingerprint density at radius 3 is 2.14 bits per heavy atom. The van der Waals surface area contributed by atoms with Gasteiger partial charge in [-0.05, 0) is 18.8 Å². The summed E-state index contributed by atoms with van der Waals surface area (Å²) in [7, 11) is 0. The molecular formula is C14H21Cl4N3. The van der Waals surface area contributed by atoms with Crippen molar-refractivity contribution >= 4 is 48.0 Å². The van der Waals surface area contributed by atoms with Crippen LogP contribution in [0.15, 0.2) is 12.4 Å². The molecular weight excluding hydrogens is 352 g/mol. The summed E-state index contributed by atoms with van der Waals surface area (Å²) in [5.41, 5.74) is 1.09. The Bertz CT molecular complexity index is 428. The monoisotopic (exact) mass is 371 g/mol. The van der Waals surface area contributed by atoms with Crippen LogP contribution in [0.25, 0.3) is 0 Å². The fourth-order valence-corrected chi connectivity index (χ4v) is 3.72. The molecule has 0 aromatic carbocycles. The Morgan fingerprint density at radius 2 is 1.67 bits per heavy atom. The predicted octanol–water partition coefficient (Wildman–Crippen LogP) is 3.98. The number of hydrogen-bond donors (Lipinski definition) is 1. The third-order valence-electron chi connectivity index (χ3n) is 4.33. The number of hydrogen-bond acceptors (Lipinski definition) is 3. The maximum absolute atomic E-state index is 6.38. The van der Waals surface area contributed by atoms with E-state index in [1.165, 1.54) is 19.3 Å². The highest BCUT2D eigenvalue weighted by Crippen LogP contribution is 2.45. The summed E-state index contributed by atoms with van der Waals surface area (Å²) in [6.07, 6.45) is 7.33. The second kappa shape index (κ2) is 8.76. The Labute approximate surface area is 148 Å². The highest BCUT2D eigenvalue weighted by Gasteiger charge is 2.35. The molecule has 1 N–H and O–H groups in total. The zero-order valence-corrected chi connectivity index (χ0v) is 14.9. The van der Waals surface area contributed by atoms with E-state index in [-0.39, 0.29) is 24.8 Å². The number of rotatable bonds is 3. The van der Waals surface area contributed by atoms with Crippen molar-refractivity contribution in [3.05, 3.63) is 28.0 Å². The van der Waals surface area contributed by atoms with Crippen molar-refractivity contribution in [1.82, 2.24) is 15.2 Å². The molecule has 0 unspecified atom stereocenters. The SMILES string of the molecule is Cl.Cl.Clc1cncc(Cl)c1[C@H](C1CCC1)N1CCNCC1. The van der Waals surface area contributed by atoms with Crippen molar-refractivity contribution < 1.29 is 0 Å². The summed E-state index contributed by atoms with van der Waals surface area (Å²) in [6.45, 7) is 4.22. The minimum atomic E-state index is 0. The average molecular weight is 373 g/mol. The van der Waals surface area contributed by atoms with Gasteiger partial charge in [0.1, 0.15) is 0 Å². The first kappa shape index (κ1) is 19.3. The first-order chi connectivity index (χ1) is 9.27. The minimum absolute atomic E-state index is 0. The summed E-state index contributed by atoms with van der Waals surface area (Å²) >= 11 is 12.8. The van der Waals surface area contributed by atoms with E-state index >= 15 is 0 Å². The lowest BCUT2D eigenvalue weighted by molar-refractivity contribution is 0.0838. The molecule has 21 heavy (non-hydrogen) atoms. The smallest absolute Gasteiger partial charge is 0.0652 e. The van der Waals surface area contributed by atoms with Crippen LogP contribution in [0.4, 0.5) is 0 Å². The molecule has 0 amide bonds. The molecule has 2 fully saturated rings. The summed E-state index contributed by atoms with van der Waals surface area (Å²) in [5.74, 6) is 0.690. The molecule has 1 aromatic rings. The summed E-state index contributed by atoms with van der Waals surface area (Å²) in [5, 5.41) is 4.83. The van der Waals surface area contributed by atoms with Gasteiger partial charge in [0, 0.05) is 50.2 Å². The highest BCUT2D eigenvalue weighted by molar-refractivity contribution is 6.35. The predicted molar refractivity (Wildman–Crippen MR) is 93.3 cm³/mol. The van der Waals surface area contributed by atoms with Gasteiger partial charge in [-0.25, -0.2) is 0 Å². The van der Waals surface area contributed by atoms with Crippen LogP contribution < -0.4 is 5.32 Å². The molecule has 1 aliphatic carbocycles. The lowest BCUT2D eigenvalue weighted by Crippen LogP contribution is -2.48. The number of piperazine rings is 1. The lowest BCUT2D eigenvalue weighted by Gasteiger charge is -2.43. The lowest BCUT2D eigenvalue weighted by atomic mass is 9.76. The number of halogens is 4. The molecule has 7 heteroatoms. The number of pyridine rings is 1. The first-order valence-corrected chi connectivity index (χ1v) is 7.76. The van der Waals surface area contributed by atoms with Crippen molar-refractivity contribution in [2.75, 3.05) is 26.2 Å².